The van der Waals surface area contributed by atoms with Crippen molar-refractivity contribution in [1.29, 1.82) is 0 Å². The molecule has 2 aromatic rings. The first-order valence-corrected chi connectivity index (χ1v) is 8.43. The third-order valence-corrected chi connectivity index (χ3v) is 5.95. The van der Waals surface area contributed by atoms with E-state index in [1.165, 1.54) is 28.7 Å². The minimum atomic E-state index is -3.50. The third-order valence-electron chi connectivity index (χ3n) is 2.39. The molecule has 0 unspecified atom stereocenters. The normalized spacial score (nSPS) is 11.9. The Bertz CT molecular complexity index is 614. The summed E-state index contributed by atoms with van der Waals surface area (Å²) in [6.45, 7) is 1.90. The van der Waals surface area contributed by atoms with Gasteiger partial charge in [-0.2, -0.15) is 0 Å². The van der Waals surface area contributed by atoms with Crippen LogP contribution in [0.1, 0.15) is 14.6 Å². The number of hydrogen-bond acceptors (Lipinski definition) is 5. The van der Waals surface area contributed by atoms with Gasteiger partial charge < -0.3 is 5.11 Å². The van der Waals surface area contributed by atoms with Gasteiger partial charge in [0.15, 0.2) is 0 Å². The number of aliphatic hydroxyl groups is 1. The molecular weight excluding hydrogens is 290 g/mol. The highest BCUT2D eigenvalue weighted by Crippen LogP contribution is 2.25. The zero-order valence-electron chi connectivity index (χ0n) is 9.71. The molecule has 0 radical (unpaired) electrons. The van der Waals surface area contributed by atoms with E-state index in [4.69, 9.17) is 5.11 Å². The van der Waals surface area contributed by atoms with Crippen molar-refractivity contribution in [2.75, 3.05) is 0 Å². The highest BCUT2D eigenvalue weighted by Gasteiger charge is 2.19. The van der Waals surface area contributed by atoms with Crippen LogP contribution in [0.3, 0.4) is 0 Å². The second-order valence-corrected chi connectivity index (χ2v) is 7.80. The molecule has 0 bridgehead atoms. The Labute approximate surface area is 114 Å². The van der Waals surface area contributed by atoms with Crippen LogP contribution in [0.4, 0.5) is 0 Å². The Kier molecular flexibility index (Phi) is 4.18. The quantitative estimate of drug-likeness (QED) is 0.889. The lowest BCUT2D eigenvalue weighted by Crippen LogP contribution is -2.22. The second kappa shape index (κ2) is 5.50. The predicted octanol–water partition coefficient (Wildman–Crippen LogP) is 2.09. The Morgan fingerprint density at radius 1 is 1.39 bits per heavy atom. The second-order valence-electron chi connectivity index (χ2n) is 3.70. The molecule has 0 aromatic carbocycles. The monoisotopic (exact) mass is 303 g/mol. The van der Waals surface area contributed by atoms with E-state index in [0.717, 1.165) is 4.88 Å². The van der Waals surface area contributed by atoms with Crippen molar-refractivity contribution in [3.63, 3.8) is 0 Å². The molecule has 2 rings (SSSR count). The van der Waals surface area contributed by atoms with E-state index < -0.39 is 10.0 Å². The molecule has 2 heterocycles. The van der Waals surface area contributed by atoms with E-state index in [-0.39, 0.29) is 11.5 Å². The molecule has 0 atom stereocenters. The minimum absolute atomic E-state index is 0.133. The average molecular weight is 303 g/mol. The summed E-state index contributed by atoms with van der Waals surface area (Å²) in [7, 11) is -3.50. The van der Waals surface area contributed by atoms with Gasteiger partial charge in [0, 0.05) is 21.2 Å². The Balaban J connectivity index is 2.17. The third kappa shape index (κ3) is 2.99. The van der Waals surface area contributed by atoms with Crippen LogP contribution >= 0.6 is 22.7 Å². The van der Waals surface area contributed by atoms with Gasteiger partial charge in [0.2, 0.25) is 10.0 Å². The van der Waals surface area contributed by atoms with Crippen molar-refractivity contribution in [2.24, 2.45) is 0 Å². The Morgan fingerprint density at radius 2 is 2.17 bits per heavy atom. The van der Waals surface area contributed by atoms with Crippen molar-refractivity contribution in [2.45, 2.75) is 25.0 Å². The van der Waals surface area contributed by atoms with Crippen molar-refractivity contribution < 1.29 is 13.5 Å². The topological polar surface area (TPSA) is 66.4 Å². The van der Waals surface area contributed by atoms with Gasteiger partial charge in [-0.05, 0) is 24.4 Å². The van der Waals surface area contributed by atoms with E-state index >= 15 is 0 Å². The fraction of sp³-hybridized carbons (Fsp3) is 0.273. The fourth-order valence-electron chi connectivity index (χ4n) is 1.53. The van der Waals surface area contributed by atoms with Crippen molar-refractivity contribution in [3.05, 3.63) is 38.2 Å². The standard InChI is InChI=1S/C11H13NO3S3/c1-8-11(5-10(7-13)17-8)18(14,15)12-6-9-3-2-4-16-9/h2-5,12-13H,6-7H2,1H3. The zero-order valence-corrected chi connectivity index (χ0v) is 12.2. The SMILES string of the molecule is Cc1sc(CO)cc1S(=O)(=O)NCc1cccs1. The molecule has 2 N–H and O–H groups in total. The first kappa shape index (κ1) is 13.7. The van der Waals surface area contributed by atoms with Gasteiger partial charge in [-0.1, -0.05) is 6.07 Å². The molecule has 0 spiro atoms. The number of thiophene rings is 2. The molecule has 0 aliphatic heterocycles. The molecule has 0 aliphatic carbocycles. The van der Waals surface area contributed by atoms with Crippen LogP contribution in [-0.4, -0.2) is 13.5 Å². The first-order chi connectivity index (χ1) is 8.53. The lowest BCUT2D eigenvalue weighted by Gasteiger charge is -2.04. The van der Waals surface area contributed by atoms with Crippen LogP contribution in [0.5, 0.6) is 0 Å². The van der Waals surface area contributed by atoms with Gasteiger partial charge in [0.1, 0.15) is 0 Å². The van der Waals surface area contributed by atoms with Gasteiger partial charge in [-0.25, -0.2) is 13.1 Å². The van der Waals surface area contributed by atoms with Gasteiger partial charge in [0.05, 0.1) is 11.5 Å². The van der Waals surface area contributed by atoms with Crippen LogP contribution < -0.4 is 4.72 Å². The van der Waals surface area contributed by atoms with Crippen molar-refractivity contribution >= 4 is 32.7 Å². The Morgan fingerprint density at radius 3 is 2.72 bits per heavy atom. The van der Waals surface area contributed by atoms with Crippen LogP contribution in [0.2, 0.25) is 0 Å². The predicted molar refractivity (Wildman–Crippen MR) is 73.3 cm³/mol. The number of aliphatic hydroxyl groups excluding tert-OH is 1. The number of rotatable bonds is 5. The molecule has 4 nitrogen and oxygen atoms in total. The zero-order chi connectivity index (χ0) is 13.2. The highest BCUT2D eigenvalue weighted by molar-refractivity contribution is 7.89. The molecule has 18 heavy (non-hydrogen) atoms. The summed E-state index contributed by atoms with van der Waals surface area (Å²) < 4.78 is 26.8. The van der Waals surface area contributed by atoms with Crippen molar-refractivity contribution in [3.8, 4) is 0 Å². The lowest BCUT2D eigenvalue weighted by molar-refractivity contribution is 0.285. The van der Waals surface area contributed by atoms with Crippen molar-refractivity contribution in [1.82, 2.24) is 4.72 Å². The van der Waals surface area contributed by atoms with Gasteiger partial charge in [-0.15, -0.1) is 22.7 Å². The smallest absolute Gasteiger partial charge is 0.242 e. The maximum absolute atomic E-state index is 12.1. The molecule has 0 fully saturated rings. The van der Waals surface area contributed by atoms with Crippen LogP contribution in [0.25, 0.3) is 0 Å². The lowest BCUT2D eigenvalue weighted by atomic mass is 10.4. The van der Waals surface area contributed by atoms with Crippen LogP contribution in [0, 0.1) is 6.92 Å². The minimum Gasteiger partial charge on any atom is -0.391 e. The first-order valence-electron chi connectivity index (χ1n) is 5.25. The molecular formula is C11H13NO3S3. The van der Waals surface area contributed by atoms with Crippen LogP contribution in [0.15, 0.2) is 28.5 Å². The molecule has 0 amide bonds. The summed E-state index contributed by atoms with van der Waals surface area (Å²) in [5, 5.41) is 10.9. The van der Waals surface area contributed by atoms with Gasteiger partial charge >= 0.3 is 0 Å². The summed E-state index contributed by atoms with van der Waals surface area (Å²) in [5.74, 6) is 0. The maximum atomic E-state index is 12.1. The van der Waals surface area contributed by atoms with E-state index in [9.17, 15) is 8.42 Å². The number of hydrogen-bond donors (Lipinski definition) is 2. The van der Waals surface area contributed by atoms with Gasteiger partial charge in [0.25, 0.3) is 0 Å². The molecule has 98 valence electrons. The maximum Gasteiger partial charge on any atom is 0.242 e. The molecule has 0 saturated heterocycles. The van der Waals surface area contributed by atoms with E-state index in [0.29, 0.717) is 16.3 Å². The number of sulfonamides is 1. The van der Waals surface area contributed by atoms with Gasteiger partial charge in [-0.3, -0.25) is 0 Å². The number of nitrogens with one attached hydrogen (secondary N) is 1. The fourth-order valence-corrected chi connectivity index (χ4v) is 4.76. The summed E-state index contributed by atoms with van der Waals surface area (Å²) >= 11 is 2.81. The highest BCUT2D eigenvalue weighted by atomic mass is 32.2. The molecule has 7 heteroatoms. The molecule has 2 aromatic heterocycles. The summed E-state index contributed by atoms with van der Waals surface area (Å²) in [5.41, 5.74) is 0. The van der Waals surface area contributed by atoms with Crippen LogP contribution in [-0.2, 0) is 23.2 Å². The number of aryl methyl sites for hydroxylation is 1. The molecule has 0 saturated carbocycles. The summed E-state index contributed by atoms with van der Waals surface area (Å²) in [4.78, 5) is 2.57. The summed E-state index contributed by atoms with van der Waals surface area (Å²) in [6.07, 6.45) is 0. The van der Waals surface area contributed by atoms with E-state index in [1.54, 1.807) is 6.92 Å². The average Bonchev–Trinajstić information content (AvgIpc) is 2.95. The van der Waals surface area contributed by atoms with E-state index in [2.05, 4.69) is 4.72 Å². The molecule has 0 aliphatic rings. The largest absolute Gasteiger partial charge is 0.391 e. The summed E-state index contributed by atoms with van der Waals surface area (Å²) in [6, 6.07) is 5.29. The Hall–Kier alpha value is -0.730. The van der Waals surface area contributed by atoms with E-state index in [1.807, 2.05) is 17.5 Å².